The number of hydrogen-bond donors (Lipinski definition) is 1. The number of nitrogens with zero attached hydrogens (tertiary/aromatic N) is 4. The third-order valence-electron chi connectivity index (χ3n) is 7.88. The second-order valence-electron chi connectivity index (χ2n) is 10.6. The summed E-state index contributed by atoms with van der Waals surface area (Å²) in [6, 6.07) is 9.61. The van der Waals surface area contributed by atoms with E-state index in [1.807, 2.05) is 11.0 Å². The Labute approximate surface area is 211 Å². The minimum Gasteiger partial charge on any atom is -0.474 e. The fourth-order valence-electron chi connectivity index (χ4n) is 5.97. The van der Waals surface area contributed by atoms with E-state index in [0.29, 0.717) is 50.2 Å². The summed E-state index contributed by atoms with van der Waals surface area (Å²) < 4.78 is 24.8. The number of carbonyl (C=O) groups is 1. The van der Waals surface area contributed by atoms with Crippen molar-refractivity contribution in [3.8, 4) is 5.88 Å². The lowest BCUT2D eigenvalue weighted by Crippen LogP contribution is -2.61. The Hall–Kier alpha value is -2.59. The van der Waals surface area contributed by atoms with Crippen molar-refractivity contribution in [3.05, 3.63) is 53.5 Å². The number of hydrogen-bond acceptors (Lipinski definition) is 7. The van der Waals surface area contributed by atoms with Crippen LogP contribution in [0.25, 0.3) is 0 Å². The van der Waals surface area contributed by atoms with Crippen molar-refractivity contribution in [3.63, 3.8) is 0 Å². The quantitative estimate of drug-likeness (QED) is 0.654. The number of carbonyl (C=O) groups excluding carboxylic acids is 1. The maximum Gasteiger partial charge on any atom is 0.241 e. The summed E-state index contributed by atoms with van der Waals surface area (Å²) in [7, 11) is 0. The predicted octanol–water partition coefficient (Wildman–Crippen LogP) is 1.67. The van der Waals surface area contributed by atoms with E-state index in [1.165, 1.54) is 12.1 Å². The largest absolute Gasteiger partial charge is 0.474 e. The highest BCUT2D eigenvalue weighted by molar-refractivity contribution is 5.96. The van der Waals surface area contributed by atoms with Gasteiger partial charge in [0, 0.05) is 50.5 Å². The molecule has 0 aliphatic carbocycles. The normalized spacial score (nSPS) is 28.2. The maximum absolute atomic E-state index is 13.7. The fourth-order valence-corrected chi connectivity index (χ4v) is 5.97. The van der Waals surface area contributed by atoms with E-state index in [9.17, 15) is 9.18 Å². The molecular weight excluding hydrogens is 461 g/mol. The van der Waals surface area contributed by atoms with Crippen LogP contribution >= 0.6 is 0 Å². The topological polar surface area (TPSA) is 70.2 Å². The van der Waals surface area contributed by atoms with Crippen LogP contribution in [0.1, 0.15) is 24.5 Å². The molecule has 4 aliphatic rings. The van der Waals surface area contributed by atoms with Crippen LogP contribution in [0.5, 0.6) is 5.88 Å². The molecule has 0 saturated carbocycles. The summed E-state index contributed by atoms with van der Waals surface area (Å²) in [6.07, 6.45) is 3.90. The molecular formula is C27H34FN5O3. The van der Waals surface area contributed by atoms with Gasteiger partial charge < -0.3 is 19.7 Å². The highest BCUT2D eigenvalue weighted by Gasteiger charge is 2.41. The van der Waals surface area contributed by atoms with Crippen LogP contribution in [0, 0.1) is 5.82 Å². The molecule has 1 aromatic carbocycles. The molecule has 4 aliphatic heterocycles. The summed E-state index contributed by atoms with van der Waals surface area (Å²) in [4.78, 5) is 24.9. The van der Waals surface area contributed by atoms with Gasteiger partial charge in [0.05, 0.1) is 25.8 Å². The first-order valence-electron chi connectivity index (χ1n) is 13.0. The number of rotatable bonds is 6. The van der Waals surface area contributed by atoms with Gasteiger partial charge in [0.25, 0.3) is 0 Å². The number of ether oxygens (including phenoxy) is 2. The number of halogens is 1. The van der Waals surface area contributed by atoms with Crippen molar-refractivity contribution < 1.29 is 18.7 Å². The minimum absolute atomic E-state index is 0.0747. The standard InChI is InChI=1S/C27H34FN5O3/c1-18-13-31(23(12-29-18)14-32-15-24-10-22(32)17-36-24)16-26(34)33-6-7-35-27-25(33)9-20(11-30-27)8-19-2-4-21(28)5-3-19/h2-5,9,11,18,22-24,29H,6-8,10,12-17H2,1H3/t18-,22-,23-,24-/m1/s1. The van der Waals surface area contributed by atoms with Gasteiger partial charge in [-0.1, -0.05) is 12.1 Å². The number of benzene rings is 1. The van der Waals surface area contributed by atoms with Gasteiger partial charge in [-0.05, 0) is 49.1 Å². The number of anilines is 1. The molecule has 3 saturated heterocycles. The first-order valence-corrected chi connectivity index (χ1v) is 13.0. The molecule has 5 heterocycles. The van der Waals surface area contributed by atoms with Crippen LogP contribution in [-0.2, 0) is 16.0 Å². The number of morpholine rings is 1. The van der Waals surface area contributed by atoms with Crippen LogP contribution in [0.15, 0.2) is 36.5 Å². The lowest BCUT2D eigenvalue weighted by molar-refractivity contribution is -0.121. The summed E-state index contributed by atoms with van der Waals surface area (Å²) in [5.41, 5.74) is 2.68. The lowest BCUT2D eigenvalue weighted by Gasteiger charge is -2.42. The molecule has 36 heavy (non-hydrogen) atoms. The average molecular weight is 496 g/mol. The van der Waals surface area contributed by atoms with Gasteiger partial charge >= 0.3 is 0 Å². The van der Waals surface area contributed by atoms with Crippen molar-refractivity contribution in [1.29, 1.82) is 0 Å². The van der Waals surface area contributed by atoms with Crippen molar-refractivity contribution in [1.82, 2.24) is 20.1 Å². The molecule has 0 unspecified atom stereocenters. The zero-order chi connectivity index (χ0) is 24.6. The molecule has 2 aromatic rings. The maximum atomic E-state index is 13.7. The molecule has 0 spiro atoms. The first kappa shape index (κ1) is 23.8. The third-order valence-corrected chi connectivity index (χ3v) is 7.88. The molecule has 1 aromatic heterocycles. The SMILES string of the molecule is C[C@@H]1CN(CC(=O)N2CCOc3ncc(Cc4ccc(F)cc4)cc32)[C@@H](CN2C[C@H]3C[C@@H]2CO3)CN1. The van der Waals surface area contributed by atoms with Gasteiger partial charge in [0.1, 0.15) is 18.1 Å². The Morgan fingerprint density at radius 2 is 2.06 bits per heavy atom. The van der Waals surface area contributed by atoms with Gasteiger partial charge in [0.2, 0.25) is 11.8 Å². The van der Waals surface area contributed by atoms with Crippen molar-refractivity contribution in [2.75, 3.05) is 57.4 Å². The number of likely N-dealkylation sites (tertiary alicyclic amines) is 1. The molecule has 192 valence electrons. The van der Waals surface area contributed by atoms with Gasteiger partial charge in [-0.25, -0.2) is 9.37 Å². The van der Waals surface area contributed by atoms with Gasteiger partial charge in [-0.2, -0.15) is 0 Å². The van der Waals surface area contributed by atoms with Crippen molar-refractivity contribution in [2.24, 2.45) is 0 Å². The zero-order valence-corrected chi connectivity index (χ0v) is 20.7. The van der Waals surface area contributed by atoms with Crippen LogP contribution < -0.4 is 15.0 Å². The fraction of sp³-hybridized carbons (Fsp3) is 0.556. The smallest absolute Gasteiger partial charge is 0.241 e. The van der Waals surface area contributed by atoms with E-state index in [2.05, 4.69) is 27.0 Å². The summed E-state index contributed by atoms with van der Waals surface area (Å²) in [5.74, 6) is 0.319. The summed E-state index contributed by atoms with van der Waals surface area (Å²) in [6.45, 7) is 8.00. The molecule has 1 amide bonds. The average Bonchev–Trinajstić information content (AvgIpc) is 3.50. The van der Waals surface area contributed by atoms with Crippen molar-refractivity contribution in [2.45, 2.75) is 44.0 Å². The van der Waals surface area contributed by atoms with Crippen molar-refractivity contribution >= 4 is 11.6 Å². The molecule has 6 rings (SSSR count). The molecule has 3 fully saturated rings. The number of nitrogens with one attached hydrogen (secondary N) is 1. The van der Waals surface area contributed by atoms with Crippen LogP contribution in [0.4, 0.5) is 10.1 Å². The highest BCUT2D eigenvalue weighted by Crippen LogP contribution is 2.32. The molecule has 1 N–H and O–H groups in total. The molecule has 0 radical (unpaired) electrons. The Morgan fingerprint density at radius 1 is 1.19 bits per heavy atom. The predicted molar refractivity (Wildman–Crippen MR) is 134 cm³/mol. The van der Waals surface area contributed by atoms with Crippen LogP contribution in [-0.4, -0.2) is 97.4 Å². The van der Waals surface area contributed by atoms with Gasteiger partial charge in [-0.3, -0.25) is 14.6 Å². The minimum atomic E-state index is -0.251. The van der Waals surface area contributed by atoms with Gasteiger partial charge in [-0.15, -0.1) is 0 Å². The van der Waals surface area contributed by atoms with Gasteiger partial charge in [0.15, 0.2) is 0 Å². The Morgan fingerprint density at radius 3 is 2.83 bits per heavy atom. The highest BCUT2D eigenvalue weighted by atomic mass is 19.1. The van der Waals surface area contributed by atoms with E-state index in [4.69, 9.17) is 9.47 Å². The number of aromatic nitrogens is 1. The van der Waals surface area contributed by atoms with E-state index < -0.39 is 0 Å². The zero-order valence-electron chi connectivity index (χ0n) is 20.7. The van der Waals surface area contributed by atoms with Crippen LogP contribution in [0.3, 0.4) is 0 Å². The van der Waals surface area contributed by atoms with E-state index in [0.717, 1.165) is 56.0 Å². The Bertz CT molecular complexity index is 1100. The molecule has 2 bridgehead atoms. The van der Waals surface area contributed by atoms with E-state index in [-0.39, 0.29) is 17.8 Å². The second kappa shape index (κ2) is 10.0. The third kappa shape index (κ3) is 4.98. The first-order chi connectivity index (χ1) is 17.5. The van der Waals surface area contributed by atoms with E-state index in [1.54, 1.807) is 18.3 Å². The lowest BCUT2D eigenvalue weighted by atomic mass is 10.1. The van der Waals surface area contributed by atoms with E-state index >= 15 is 0 Å². The number of amides is 1. The second-order valence-corrected chi connectivity index (χ2v) is 10.6. The van der Waals surface area contributed by atoms with Crippen LogP contribution in [0.2, 0.25) is 0 Å². The summed E-state index contributed by atoms with van der Waals surface area (Å²) >= 11 is 0. The number of piperazine rings is 1. The Kier molecular flexibility index (Phi) is 6.64. The molecule has 4 atom stereocenters. The molecule has 9 heteroatoms. The number of fused-ring (bicyclic) bond motifs is 3. The summed E-state index contributed by atoms with van der Waals surface area (Å²) in [5, 5.41) is 3.60. The number of pyridine rings is 1. The monoisotopic (exact) mass is 495 g/mol. The Balaban J connectivity index is 1.16. The molecule has 8 nitrogen and oxygen atoms in total.